The van der Waals surface area contributed by atoms with Gasteiger partial charge >= 0.3 is 0 Å². The second-order valence-corrected chi connectivity index (χ2v) is 6.33. The molecule has 2 heterocycles. The summed E-state index contributed by atoms with van der Waals surface area (Å²) in [5.74, 6) is 1.18. The monoisotopic (exact) mass is 347 g/mol. The first kappa shape index (κ1) is 17.4. The highest BCUT2D eigenvalue weighted by Gasteiger charge is 2.28. The van der Waals surface area contributed by atoms with Gasteiger partial charge in [0.2, 0.25) is 11.8 Å². The number of carbonyl (C=O) groups excluding carboxylic acids is 1. The number of hydrogen-bond donors (Lipinski definition) is 0. The molecule has 0 saturated carbocycles. The fourth-order valence-electron chi connectivity index (χ4n) is 3.16. The van der Waals surface area contributed by atoms with Crippen molar-refractivity contribution in [2.75, 3.05) is 20.2 Å². The Bertz CT molecular complexity index is 747. The van der Waals surface area contributed by atoms with E-state index in [0.29, 0.717) is 31.1 Å². The molecular weight excluding hydrogens is 325 g/mol. The van der Waals surface area contributed by atoms with Crippen LogP contribution in [-0.4, -0.2) is 41.1 Å². The average Bonchev–Trinajstić information content (AvgIpc) is 3.06. The zero-order chi connectivity index (χ0) is 17.8. The van der Waals surface area contributed by atoms with Gasteiger partial charge in [0.15, 0.2) is 17.4 Å². The molecule has 25 heavy (non-hydrogen) atoms. The molecule has 1 aromatic carbocycles. The van der Waals surface area contributed by atoms with Crippen LogP contribution in [0.5, 0.6) is 5.75 Å². The third kappa shape index (κ3) is 4.15. The SMILES string of the molecule is COc1ccc(CCC(=O)N2CCC[C@H](c3nc(C)no3)C2)cc1F. The number of likely N-dealkylation sites (tertiary alicyclic amines) is 1. The normalized spacial score (nSPS) is 17.6. The molecule has 1 fully saturated rings. The minimum Gasteiger partial charge on any atom is -0.494 e. The number of hydrogen-bond acceptors (Lipinski definition) is 5. The Kier molecular flexibility index (Phi) is 5.31. The van der Waals surface area contributed by atoms with Gasteiger partial charge in [0.25, 0.3) is 0 Å². The summed E-state index contributed by atoms with van der Waals surface area (Å²) in [4.78, 5) is 18.6. The fourth-order valence-corrected chi connectivity index (χ4v) is 3.16. The molecule has 0 spiro atoms. The Labute approximate surface area is 146 Å². The van der Waals surface area contributed by atoms with E-state index in [1.54, 1.807) is 19.1 Å². The lowest BCUT2D eigenvalue weighted by molar-refractivity contribution is -0.132. The summed E-state index contributed by atoms with van der Waals surface area (Å²) in [5.41, 5.74) is 0.785. The lowest BCUT2D eigenvalue weighted by Crippen LogP contribution is -2.39. The number of aryl methyl sites for hydroxylation is 2. The lowest BCUT2D eigenvalue weighted by atomic mass is 9.97. The van der Waals surface area contributed by atoms with Crippen LogP contribution in [0.4, 0.5) is 4.39 Å². The zero-order valence-corrected chi connectivity index (χ0v) is 14.5. The molecule has 6 nitrogen and oxygen atoms in total. The van der Waals surface area contributed by atoms with Crippen LogP contribution in [-0.2, 0) is 11.2 Å². The number of ether oxygens (including phenoxy) is 1. The van der Waals surface area contributed by atoms with E-state index >= 15 is 0 Å². The summed E-state index contributed by atoms with van der Waals surface area (Å²) in [6.45, 7) is 3.11. The summed E-state index contributed by atoms with van der Waals surface area (Å²) in [7, 11) is 1.43. The van der Waals surface area contributed by atoms with Crippen molar-refractivity contribution >= 4 is 5.91 Å². The first-order valence-corrected chi connectivity index (χ1v) is 8.47. The van der Waals surface area contributed by atoms with Crippen LogP contribution >= 0.6 is 0 Å². The maximum Gasteiger partial charge on any atom is 0.231 e. The number of halogens is 1. The molecule has 2 aromatic rings. The predicted octanol–water partition coefficient (Wildman–Crippen LogP) is 2.86. The maximum atomic E-state index is 13.7. The number of rotatable bonds is 5. The number of nitrogens with zero attached hydrogens (tertiary/aromatic N) is 3. The van der Waals surface area contributed by atoms with Gasteiger partial charge in [-0.2, -0.15) is 4.98 Å². The standard InChI is InChI=1S/C18H22FN3O3/c1-12-20-18(25-21-12)14-4-3-9-22(11-14)17(23)8-6-13-5-7-16(24-2)15(19)10-13/h5,7,10,14H,3-4,6,8-9,11H2,1-2H3/t14-/m0/s1. The maximum absolute atomic E-state index is 13.7. The Morgan fingerprint density at radius 2 is 2.32 bits per heavy atom. The van der Waals surface area contributed by atoms with Gasteiger partial charge in [-0.15, -0.1) is 0 Å². The molecule has 1 amide bonds. The molecule has 1 aliphatic rings. The van der Waals surface area contributed by atoms with Gasteiger partial charge in [0.1, 0.15) is 0 Å². The van der Waals surface area contributed by atoms with E-state index in [1.165, 1.54) is 13.2 Å². The van der Waals surface area contributed by atoms with E-state index in [2.05, 4.69) is 10.1 Å². The molecule has 1 atom stereocenters. The van der Waals surface area contributed by atoms with Crippen LogP contribution in [0.15, 0.2) is 22.7 Å². The summed E-state index contributed by atoms with van der Waals surface area (Å²) in [6, 6.07) is 4.80. The lowest BCUT2D eigenvalue weighted by Gasteiger charge is -2.31. The Balaban J connectivity index is 1.56. The van der Waals surface area contributed by atoms with Gasteiger partial charge in [-0.25, -0.2) is 4.39 Å². The molecule has 1 saturated heterocycles. The van der Waals surface area contributed by atoms with Crippen LogP contribution in [0.2, 0.25) is 0 Å². The van der Waals surface area contributed by atoms with Crippen LogP contribution in [0, 0.1) is 12.7 Å². The molecule has 0 N–H and O–H groups in total. The Hall–Kier alpha value is -2.44. The van der Waals surface area contributed by atoms with Crippen molar-refractivity contribution in [1.29, 1.82) is 0 Å². The molecule has 0 unspecified atom stereocenters. The molecule has 0 aliphatic carbocycles. The van der Waals surface area contributed by atoms with Crippen molar-refractivity contribution in [3.8, 4) is 5.75 Å². The summed E-state index contributed by atoms with van der Waals surface area (Å²) < 4.78 is 23.9. The summed E-state index contributed by atoms with van der Waals surface area (Å²) in [6.07, 6.45) is 2.70. The highest BCUT2D eigenvalue weighted by atomic mass is 19.1. The number of benzene rings is 1. The molecule has 3 rings (SSSR count). The van der Waals surface area contributed by atoms with Crippen molar-refractivity contribution in [1.82, 2.24) is 15.0 Å². The van der Waals surface area contributed by atoms with E-state index in [1.807, 2.05) is 4.90 Å². The number of piperidine rings is 1. The van der Waals surface area contributed by atoms with E-state index in [0.717, 1.165) is 24.9 Å². The number of aromatic nitrogens is 2. The van der Waals surface area contributed by atoms with Crippen LogP contribution in [0.3, 0.4) is 0 Å². The van der Waals surface area contributed by atoms with Gasteiger partial charge in [-0.1, -0.05) is 11.2 Å². The van der Waals surface area contributed by atoms with Crippen LogP contribution in [0.1, 0.15) is 42.5 Å². The number of methoxy groups -OCH3 is 1. The first-order valence-electron chi connectivity index (χ1n) is 8.47. The fraction of sp³-hybridized carbons (Fsp3) is 0.500. The molecular formula is C18H22FN3O3. The highest BCUT2D eigenvalue weighted by Crippen LogP contribution is 2.26. The van der Waals surface area contributed by atoms with Crippen LogP contribution < -0.4 is 4.74 Å². The molecule has 1 aromatic heterocycles. The number of carbonyl (C=O) groups is 1. The molecule has 0 bridgehead atoms. The minimum atomic E-state index is -0.405. The number of amides is 1. The minimum absolute atomic E-state index is 0.0668. The summed E-state index contributed by atoms with van der Waals surface area (Å²) in [5, 5.41) is 3.82. The van der Waals surface area contributed by atoms with Crippen molar-refractivity contribution in [3.63, 3.8) is 0 Å². The summed E-state index contributed by atoms with van der Waals surface area (Å²) >= 11 is 0. The second kappa shape index (κ2) is 7.63. The van der Waals surface area contributed by atoms with Crippen LogP contribution in [0.25, 0.3) is 0 Å². The zero-order valence-electron chi connectivity index (χ0n) is 14.5. The van der Waals surface area contributed by atoms with Crippen molar-refractivity contribution in [2.24, 2.45) is 0 Å². The molecule has 1 aliphatic heterocycles. The molecule has 134 valence electrons. The molecule has 0 radical (unpaired) electrons. The third-order valence-electron chi connectivity index (χ3n) is 4.51. The largest absolute Gasteiger partial charge is 0.494 e. The topological polar surface area (TPSA) is 68.5 Å². The van der Waals surface area contributed by atoms with Gasteiger partial charge in [0, 0.05) is 19.5 Å². The van der Waals surface area contributed by atoms with Gasteiger partial charge < -0.3 is 14.2 Å². The molecule has 7 heteroatoms. The average molecular weight is 347 g/mol. The van der Waals surface area contributed by atoms with Gasteiger partial charge in [0.05, 0.1) is 13.0 Å². The second-order valence-electron chi connectivity index (χ2n) is 6.33. The van der Waals surface area contributed by atoms with Crippen molar-refractivity contribution in [2.45, 2.75) is 38.5 Å². The van der Waals surface area contributed by atoms with Gasteiger partial charge in [-0.3, -0.25) is 4.79 Å². The van der Waals surface area contributed by atoms with Gasteiger partial charge in [-0.05, 0) is 43.9 Å². The quantitative estimate of drug-likeness (QED) is 0.832. The van der Waals surface area contributed by atoms with E-state index in [9.17, 15) is 9.18 Å². The van der Waals surface area contributed by atoms with E-state index in [4.69, 9.17) is 9.26 Å². The third-order valence-corrected chi connectivity index (χ3v) is 4.51. The first-order chi connectivity index (χ1) is 12.1. The van der Waals surface area contributed by atoms with E-state index in [-0.39, 0.29) is 17.6 Å². The van der Waals surface area contributed by atoms with E-state index < -0.39 is 5.82 Å². The van der Waals surface area contributed by atoms with Crippen molar-refractivity contribution < 1.29 is 18.4 Å². The Morgan fingerprint density at radius 1 is 1.48 bits per heavy atom. The predicted molar refractivity (Wildman–Crippen MR) is 88.9 cm³/mol. The Morgan fingerprint density at radius 3 is 3.00 bits per heavy atom. The highest BCUT2D eigenvalue weighted by molar-refractivity contribution is 5.76. The van der Waals surface area contributed by atoms with Crippen molar-refractivity contribution in [3.05, 3.63) is 41.3 Å². The smallest absolute Gasteiger partial charge is 0.231 e.